The summed E-state index contributed by atoms with van der Waals surface area (Å²) in [5, 5.41) is 0. The van der Waals surface area contributed by atoms with E-state index in [9.17, 15) is 4.79 Å². The SMILES string of the molecule is C=CC(=O)OC(CCCCCCCCCCC)[P+](C)(C)C. The lowest BCUT2D eigenvalue weighted by atomic mass is 10.1. The molecule has 21 heavy (non-hydrogen) atoms. The molecule has 0 radical (unpaired) electrons. The molecule has 3 heteroatoms. The van der Waals surface area contributed by atoms with E-state index in [1.807, 2.05) is 0 Å². The van der Waals surface area contributed by atoms with Gasteiger partial charge in [0.2, 0.25) is 5.85 Å². The van der Waals surface area contributed by atoms with Gasteiger partial charge in [-0.1, -0.05) is 64.9 Å². The summed E-state index contributed by atoms with van der Waals surface area (Å²) in [6.45, 7) is 12.5. The zero-order valence-electron chi connectivity index (χ0n) is 14.7. The maximum atomic E-state index is 11.4. The number of ether oxygens (including phenoxy) is 1. The summed E-state index contributed by atoms with van der Waals surface area (Å²) in [5.74, 6) is -0.168. The zero-order valence-corrected chi connectivity index (χ0v) is 15.6. The van der Waals surface area contributed by atoms with Crippen LogP contribution in [0.1, 0.15) is 71.1 Å². The number of carbonyl (C=O) groups is 1. The Morgan fingerprint density at radius 2 is 1.48 bits per heavy atom. The molecule has 0 aromatic rings. The minimum absolute atomic E-state index is 0.104. The Labute approximate surface area is 133 Å². The minimum atomic E-state index is -1.16. The fraction of sp³-hybridized carbons (Fsp3) is 0.833. The fourth-order valence-corrected chi connectivity index (χ4v) is 3.79. The van der Waals surface area contributed by atoms with Crippen LogP contribution in [0.3, 0.4) is 0 Å². The predicted octanol–water partition coefficient (Wildman–Crippen LogP) is 5.87. The van der Waals surface area contributed by atoms with Crippen LogP contribution in [0, 0.1) is 0 Å². The van der Waals surface area contributed by atoms with Crippen molar-refractivity contribution in [1.82, 2.24) is 0 Å². The largest absolute Gasteiger partial charge is 0.424 e. The topological polar surface area (TPSA) is 26.3 Å². The first kappa shape index (κ1) is 20.6. The number of carbonyl (C=O) groups excluding carboxylic acids is 1. The number of hydrogen-bond donors (Lipinski definition) is 0. The van der Waals surface area contributed by atoms with E-state index < -0.39 is 7.26 Å². The van der Waals surface area contributed by atoms with Crippen LogP contribution >= 0.6 is 7.26 Å². The molecule has 1 atom stereocenters. The number of hydrogen-bond acceptors (Lipinski definition) is 2. The van der Waals surface area contributed by atoms with Crippen LogP contribution < -0.4 is 0 Å². The number of esters is 1. The highest BCUT2D eigenvalue weighted by Crippen LogP contribution is 2.54. The summed E-state index contributed by atoms with van der Waals surface area (Å²) in [4.78, 5) is 11.4. The van der Waals surface area contributed by atoms with E-state index in [0.717, 1.165) is 6.42 Å². The van der Waals surface area contributed by atoms with Crippen LogP contribution in [0.4, 0.5) is 0 Å². The highest BCUT2D eigenvalue weighted by Gasteiger charge is 2.33. The van der Waals surface area contributed by atoms with Crippen molar-refractivity contribution < 1.29 is 9.53 Å². The highest BCUT2D eigenvalue weighted by molar-refractivity contribution is 7.74. The lowest BCUT2D eigenvalue weighted by Gasteiger charge is -2.23. The molecule has 2 nitrogen and oxygen atoms in total. The van der Waals surface area contributed by atoms with Crippen molar-refractivity contribution in [3.05, 3.63) is 12.7 Å². The van der Waals surface area contributed by atoms with Crippen LogP contribution in [0.15, 0.2) is 12.7 Å². The average Bonchev–Trinajstić information content (AvgIpc) is 2.42. The molecule has 0 aromatic heterocycles. The standard InChI is InChI=1S/C18H36O2P/c1-6-8-9-10-11-12-13-14-15-16-18(21(3,4)5)20-17(19)7-2/h7,18H,2,6,8-16H2,1,3-5H3/q+1. The molecule has 0 spiro atoms. The Balaban J connectivity index is 3.74. The van der Waals surface area contributed by atoms with E-state index in [4.69, 9.17) is 4.74 Å². The Hall–Kier alpha value is -0.360. The monoisotopic (exact) mass is 315 g/mol. The third-order valence-electron chi connectivity index (χ3n) is 3.84. The van der Waals surface area contributed by atoms with Gasteiger partial charge in [-0.25, -0.2) is 4.79 Å². The molecule has 0 heterocycles. The third kappa shape index (κ3) is 11.9. The maximum Gasteiger partial charge on any atom is 0.333 e. The van der Waals surface area contributed by atoms with Crippen molar-refractivity contribution in [1.29, 1.82) is 0 Å². The van der Waals surface area contributed by atoms with Gasteiger partial charge < -0.3 is 4.74 Å². The van der Waals surface area contributed by atoms with Crippen LogP contribution in [-0.4, -0.2) is 31.8 Å². The van der Waals surface area contributed by atoms with Crippen molar-refractivity contribution in [2.75, 3.05) is 20.0 Å². The predicted molar refractivity (Wildman–Crippen MR) is 96.6 cm³/mol. The van der Waals surface area contributed by atoms with E-state index in [1.165, 1.54) is 63.9 Å². The van der Waals surface area contributed by atoms with Crippen LogP contribution in [-0.2, 0) is 9.53 Å². The van der Waals surface area contributed by atoms with Gasteiger partial charge >= 0.3 is 5.97 Å². The van der Waals surface area contributed by atoms with Gasteiger partial charge in [0.1, 0.15) is 0 Å². The van der Waals surface area contributed by atoms with Crippen molar-refractivity contribution in [3.63, 3.8) is 0 Å². The van der Waals surface area contributed by atoms with Crippen molar-refractivity contribution >= 4 is 13.2 Å². The molecule has 0 bridgehead atoms. The molecular formula is C18H36O2P+. The summed E-state index contributed by atoms with van der Waals surface area (Å²) in [6, 6.07) is 0. The second-order valence-electron chi connectivity index (χ2n) is 6.83. The molecule has 0 N–H and O–H groups in total. The molecule has 0 aromatic carbocycles. The Morgan fingerprint density at radius 1 is 1.00 bits per heavy atom. The number of unbranched alkanes of at least 4 members (excludes halogenated alkanes) is 8. The molecule has 0 rings (SSSR count). The quantitative estimate of drug-likeness (QED) is 0.184. The van der Waals surface area contributed by atoms with Crippen LogP contribution in [0.2, 0.25) is 0 Å². The zero-order chi connectivity index (χ0) is 16.1. The summed E-state index contributed by atoms with van der Waals surface area (Å²) in [5.41, 5.74) is 0. The summed E-state index contributed by atoms with van der Waals surface area (Å²) >= 11 is 0. The normalized spacial score (nSPS) is 13.0. The van der Waals surface area contributed by atoms with Gasteiger partial charge in [-0.15, -0.1) is 0 Å². The molecular weight excluding hydrogens is 279 g/mol. The highest BCUT2D eigenvalue weighted by atomic mass is 31.2. The fourth-order valence-electron chi connectivity index (χ4n) is 2.42. The molecule has 1 unspecified atom stereocenters. The lowest BCUT2D eigenvalue weighted by molar-refractivity contribution is -0.139. The van der Waals surface area contributed by atoms with Gasteiger partial charge in [0.15, 0.2) is 0 Å². The van der Waals surface area contributed by atoms with Gasteiger partial charge in [0, 0.05) is 19.8 Å². The lowest BCUT2D eigenvalue weighted by Crippen LogP contribution is -2.19. The molecule has 0 fully saturated rings. The smallest absolute Gasteiger partial charge is 0.333 e. The van der Waals surface area contributed by atoms with Gasteiger partial charge in [0.05, 0.1) is 20.0 Å². The Morgan fingerprint density at radius 3 is 1.90 bits per heavy atom. The van der Waals surface area contributed by atoms with Gasteiger partial charge in [0.25, 0.3) is 0 Å². The van der Waals surface area contributed by atoms with Gasteiger partial charge in [-0.3, -0.25) is 0 Å². The summed E-state index contributed by atoms with van der Waals surface area (Å²) in [6.07, 6.45) is 14.2. The summed E-state index contributed by atoms with van der Waals surface area (Å²) < 4.78 is 5.53. The minimum Gasteiger partial charge on any atom is -0.424 e. The van der Waals surface area contributed by atoms with Crippen LogP contribution in [0.5, 0.6) is 0 Å². The van der Waals surface area contributed by atoms with Crippen molar-refractivity contribution in [2.45, 2.75) is 77.0 Å². The molecule has 124 valence electrons. The van der Waals surface area contributed by atoms with Crippen molar-refractivity contribution in [2.24, 2.45) is 0 Å². The molecule has 0 amide bonds. The second-order valence-corrected chi connectivity index (χ2v) is 11.6. The van der Waals surface area contributed by atoms with E-state index in [2.05, 4.69) is 33.5 Å². The Bertz CT molecular complexity index is 281. The molecule has 0 aliphatic carbocycles. The molecule has 0 saturated heterocycles. The first-order valence-corrected chi connectivity index (χ1v) is 11.8. The number of rotatable bonds is 13. The van der Waals surface area contributed by atoms with Gasteiger partial charge in [-0.05, 0) is 6.42 Å². The average molecular weight is 315 g/mol. The van der Waals surface area contributed by atoms with Gasteiger partial charge in [-0.2, -0.15) is 0 Å². The third-order valence-corrected chi connectivity index (χ3v) is 5.93. The molecule has 0 saturated carbocycles. The second kappa shape index (κ2) is 12.2. The van der Waals surface area contributed by atoms with Crippen molar-refractivity contribution in [3.8, 4) is 0 Å². The van der Waals surface area contributed by atoms with E-state index in [-0.39, 0.29) is 11.8 Å². The molecule has 0 aliphatic heterocycles. The Kier molecular flexibility index (Phi) is 12.0. The first-order chi connectivity index (χ1) is 9.91. The van der Waals surface area contributed by atoms with E-state index >= 15 is 0 Å². The van der Waals surface area contributed by atoms with E-state index in [0.29, 0.717) is 0 Å². The summed E-state index contributed by atoms with van der Waals surface area (Å²) in [7, 11) is -1.16. The molecule has 0 aliphatic rings. The van der Waals surface area contributed by atoms with E-state index in [1.54, 1.807) is 0 Å². The first-order valence-electron chi connectivity index (χ1n) is 8.56. The van der Waals surface area contributed by atoms with Crippen LogP contribution in [0.25, 0.3) is 0 Å². The maximum absolute atomic E-state index is 11.4.